The Morgan fingerprint density at radius 2 is 1.96 bits per heavy atom. The van der Waals surface area contributed by atoms with Crippen molar-refractivity contribution in [2.75, 3.05) is 38.2 Å². The Hall–Kier alpha value is -2.39. The molecule has 0 radical (unpaired) electrons. The van der Waals surface area contributed by atoms with E-state index in [4.69, 9.17) is 4.74 Å². The normalized spacial score (nSPS) is 16.7. The Labute approximate surface area is 153 Å². The Morgan fingerprint density at radius 1 is 1.19 bits per heavy atom. The van der Waals surface area contributed by atoms with Gasteiger partial charge in [0.15, 0.2) is 0 Å². The van der Waals surface area contributed by atoms with Crippen LogP contribution in [0.4, 0.5) is 23.4 Å². The maximum Gasteiger partial charge on any atom is 0.573 e. The van der Waals surface area contributed by atoms with Crippen molar-refractivity contribution in [2.24, 2.45) is 0 Å². The molecule has 0 spiro atoms. The molecule has 0 amide bonds. The van der Waals surface area contributed by atoms with Crippen molar-refractivity contribution in [3.05, 3.63) is 54.0 Å². The summed E-state index contributed by atoms with van der Waals surface area (Å²) >= 11 is 0. The molecule has 0 saturated carbocycles. The lowest BCUT2D eigenvalue weighted by atomic mass is 10.0. The minimum Gasteiger partial charge on any atom is -0.404 e. The van der Waals surface area contributed by atoms with Gasteiger partial charge in [0.2, 0.25) is 0 Å². The Kier molecular flexibility index (Phi) is 6.12. The lowest BCUT2D eigenvalue weighted by Crippen LogP contribution is -2.41. The Balaban J connectivity index is 1.69. The van der Waals surface area contributed by atoms with Crippen LogP contribution in [0, 0.1) is 5.82 Å². The number of hydrogen-bond acceptors (Lipinski definition) is 5. The van der Waals surface area contributed by atoms with E-state index in [9.17, 15) is 17.6 Å². The standard InChI is InChI=1S/C18H19F4N3O2/c19-14-3-1-2-13(10-14)16(25-6-8-26-9-7-25)12-24-17-5-4-15(11-23-17)27-18(20,21)22/h1-5,10-11,16H,6-9,12H2,(H,23,24). The summed E-state index contributed by atoms with van der Waals surface area (Å²) in [5.41, 5.74) is 0.807. The van der Waals surface area contributed by atoms with E-state index in [-0.39, 0.29) is 17.6 Å². The predicted octanol–water partition coefficient (Wildman–Crippen LogP) is 3.60. The molecule has 3 rings (SSSR count). The second-order valence-corrected chi connectivity index (χ2v) is 6.03. The van der Waals surface area contributed by atoms with Gasteiger partial charge in [0.05, 0.1) is 25.5 Å². The SMILES string of the molecule is Fc1cccc(C(CNc2ccc(OC(F)(F)F)cn2)N2CCOCC2)c1. The van der Waals surface area contributed by atoms with Gasteiger partial charge in [0.1, 0.15) is 17.4 Å². The van der Waals surface area contributed by atoms with Crippen LogP contribution in [0.25, 0.3) is 0 Å². The fourth-order valence-electron chi connectivity index (χ4n) is 2.94. The number of rotatable bonds is 6. The molecule has 1 fully saturated rings. The largest absolute Gasteiger partial charge is 0.573 e. The van der Waals surface area contributed by atoms with Crippen molar-refractivity contribution in [1.82, 2.24) is 9.88 Å². The van der Waals surface area contributed by atoms with Crippen molar-refractivity contribution in [2.45, 2.75) is 12.4 Å². The molecule has 1 N–H and O–H groups in total. The fourth-order valence-corrected chi connectivity index (χ4v) is 2.94. The van der Waals surface area contributed by atoms with Crippen LogP contribution in [-0.4, -0.2) is 49.1 Å². The number of halogens is 4. The lowest BCUT2D eigenvalue weighted by Gasteiger charge is -2.35. The summed E-state index contributed by atoms with van der Waals surface area (Å²) in [6.07, 6.45) is -3.75. The third-order valence-electron chi connectivity index (χ3n) is 4.17. The number of aromatic nitrogens is 1. The molecular weight excluding hydrogens is 366 g/mol. The summed E-state index contributed by atoms with van der Waals surface area (Å²) in [5.74, 6) is -0.306. The maximum absolute atomic E-state index is 13.7. The number of ether oxygens (including phenoxy) is 2. The molecule has 1 aliphatic rings. The number of pyridine rings is 1. The van der Waals surface area contributed by atoms with Crippen molar-refractivity contribution in [1.29, 1.82) is 0 Å². The smallest absolute Gasteiger partial charge is 0.404 e. The average molecular weight is 385 g/mol. The van der Waals surface area contributed by atoms with E-state index in [0.29, 0.717) is 38.7 Å². The van der Waals surface area contributed by atoms with Crippen molar-refractivity contribution in [3.8, 4) is 5.75 Å². The second-order valence-electron chi connectivity index (χ2n) is 6.03. The molecule has 1 aromatic carbocycles. The number of nitrogens with one attached hydrogen (secondary N) is 1. The van der Waals surface area contributed by atoms with Gasteiger partial charge in [-0.3, -0.25) is 4.90 Å². The van der Waals surface area contributed by atoms with E-state index in [1.165, 1.54) is 24.3 Å². The van der Waals surface area contributed by atoms with Gasteiger partial charge in [-0.15, -0.1) is 13.2 Å². The zero-order valence-electron chi connectivity index (χ0n) is 14.4. The van der Waals surface area contributed by atoms with Gasteiger partial charge in [-0.2, -0.15) is 0 Å². The van der Waals surface area contributed by atoms with Crippen LogP contribution in [0.15, 0.2) is 42.6 Å². The van der Waals surface area contributed by atoms with E-state index in [2.05, 4.69) is 19.9 Å². The number of alkyl halides is 3. The highest BCUT2D eigenvalue weighted by Gasteiger charge is 2.31. The molecule has 5 nitrogen and oxygen atoms in total. The Morgan fingerprint density at radius 3 is 2.59 bits per heavy atom. The van der Waals surface area contributed by atoms with E-state index in [0.717, 1.165) is 11.8 Å². The van der Waals surface area contributed by atoms with Gasteiger partial charge < -0.3 is 14.8 Å². The molecule has 27 heavy (non-hydrogen) atoms. The summed E-state index contributed by atoms with van der Waals surface area (Å²) in [4.78, 5) is 6.11. The van der Waals surface area contributed by atoms with Crippen molar-refractivity contribution in [3.63, 3.8) is 0 Å². The summed E-state index contributed by atoms with van der Waals surface area (Å²) in [6, 6.07) is 8.83. The summed E-state index contributed by atoms with van der Waals surface area (Å²) < 4.78 is 59.5. The summed E-state index contributed by atoms with van der Waals surface area (Å²) in [7, 11) is 0. The minimum absolute atomic E-state index is 0.127. The number of nitrogens with zero attached hydrogens (tertiary/aromatic N) is 2. The first-order valence-electron chi connectivity index (χ1n) is 8.44. The summed E-state index contributed by atoms with van der Waals surface area (Å²) in [5, 5.41) is 3.10. The zero-order chi connectivity index (χ0) is 19.3. The molecule has 1 saturated heterocycles. The molecule has 1 aromatic heterocycles. The third kappa shape index (κ3) is 5.80. The van der Waals surface area contributed by atoms with Crippen LogP contribution in [0.1, 0.15) is 11.6 Å². The van der Waals surface area contributed by atoms with Crippen LogP contribution in [0.2, 0.25) is 0 Å². The highest BCUT2D eigenvalue weighted by molar-refractivity contribution is 5.38. The average Bonchev–Trinajstić information content (AvgIpc) is 2.63. The van der Waals surface area contributed by atoms with Gasteiger partial charge in [-0.1, -0.05) is 12.1 Å². The molecule has 0 aliphatic carbocycles. The van der Waals surface area contributed by atoms with Crippen LogP contribution < -0.4 is 10.1 Å². The Bertz CT molecular complexity index is 734. The van der Waals surface area contributed by atoms with Gasteiger partial charge in [0.25, 0.3) is 0 Å². The van der Waals surface area contributed by atoms with Crippen LogP contribution in [-0.2, 0) is 4.74 Å². The number of hydrogen-bond donors (Lipinski definition) is 1. The molecule has 0 bridgehead atoms. The van der Waals surface area contributed by atoms with Crippen LogP contribution in [0.5, 0.6) is 5.75 Å². The topological polar surface area (TPSA) is 46.6 Å². The van der Waals surface area contributed by atoms with Gasteiger partial charge in [-0.05, 0) is 29.8 Å². The maximum atomic E-state index is 13.7. The van der Waals surface area contributed by atoms with Gasteiger partial charge >= 0.3 is 6.36 Å². The van der Waals surface area contributed by atoms with Crippen LogP contribution in [0.3, 0.4) is 0 Å². The molecule has 1 aliphatic heterocycles. The molecule has 2 heterocycles. The fraction of sp³-hybridized carbons (Fsp3) is 0.389. The zero-order valence-corrected chi connectivity index (χ0v) is 14.4. The highest BCUT2D eigenvalue weighted by Crippen LogP contribution is 2.25. The summed E-state index contributed by atoms with van der Waals surface area (Å²) in [6.45, 7) is 3.00. The number of morpholine rings is 1. The molecule has 2 aromatic rings. The van der Waals surface area contributed by atoms with Gasteiger partial charge in [-0.25, -0.2) is 9.37 Å². The quantitative estimate of drug-likeness (QED) is 0.770. The predicted molar refractivity (Wildman–Crippen MR) is 90.9 cm³/mol. The van der Waals surface area contributed by atoms with Gasteiger partial charge in [0, 0.05) is 19.6 Å². The number of anilines is 1. The van der Waals surface area contributed by atoms with Crippen molar-refractivity contribution >= 4 is 5.82 Å². The number of benzene rings is 1. The van der Waals surface area contributed by atoms with Crippen molar-refractivity contribution < 1.29 is 27.0 Å². The second kappa shape index (κ2) is 8.53. The molecular formula is C18H19F4N3O2. The van der Waals surface area contributed by atoms with Crippen LogP contribution >= 0.6 is 0 Å². The first-order chi connectivity index (χ1) is 12.9. The van der Waals surface area contributed by atoms with E-state index in [1.807, 2.05) is 6.07 Å². The third-order valence-corrected chi connectivity index (χ3v) is 4.17. The van der Waals surface area contributed by atoms with E-state index in [1.54, 1.807) is 6.07 Å². The monoisotopic (exact) mass is 385 g/mol. The van der Waals surface area contributed by atoms with E-state index >= 15 is 0 Å². The highest BCUT2D eigenvalue weighted by atomic mass is 19.4. The molecule has 9 heteroatoms. The first kappa shape index (κ1) is 19.4. The first-order valence-corrected chi connectivity index (χ1v) is 8.44. The lowest BCUT2D eigenvalue weighted by molar-refractivity contribution is -0.274. The van der Waals surface area contributed by atoms with E-state index < -0.39 is 6.36 Å². The minimum atomic E-state index is -4.75. The molecule has 1 atom stereocenters. The molecule has 1 unspecified atom stereocenters. The molecule has 146 valence electrons.